The fourth-order valence-electron chi connectivity index (χ4n) is 2.93. The Labute approximate surface area is 146 Å². The van der Waals surface area contributed by atoms with Gasteiger partial charge in [0, 0.05) is 25.2 Å². The lowest BCUT2D eigenvalue weighted by Crippen LogP contribution is -2.34. The number of aliphatic carboxylic acids is 1. The molecule has 7 heteroatoms. The van der Waals surface area contributed by atoms with Crippen molar-refractivity contribution < 1.29 is 23.9 Å². The van der Waals surface area contributed by atoms with E-state index in [9.17, 15) is 23.9 Å². The van der Waals surface area contributed by atoms with E-state index in [1.54, 1.807) is 0 Å². The number of carboxylic acid groups (broad SMARTS) is 1. The molecule has 0 aliphatic carbocycles. The third-order valence-corrected chi connectivity index (χ3v) is 4.19. The van der Waals surface area contributed by atoms with Gasteiger partial charge in [0.1, 0.15) is 5.82 Å². The number of carboxylic acids is 1. The number of anilines is 1. The molecule has 1 aromatic rings. The highest BCUT2D eigenvalue weighted by atomic mass is 19.1. The standard InChI is InChI=1S/C18H23FN2O4/c1-11(2)8-12(18(24)25)10-20-17(23)14-9-13(5-6-15(14)19)21-7-3-4-16(21)22/h5-6,9,11-12H,3-4,7-8,10H2,1-2H3,(H,20,23)(H,24,25)/t12-/m0/s1. The zero-order valence-corrected chi connectivity index (χ0v) is 14.4. The van der Waals surface area contributed by atoms with Crippen LogP contribution in [0, 0.1) is 17.7 Å². The third-order valence-electron chi connectivity index (χ3n) is 4.19. The van der Waals surface area contributed by atoms with Crippen molar-refractivity contribution in [3.63, 3.8) is 0 Å². The summed E-state index contributed by atoms with van der Waals surface area (Å²) in [5.41, 5.74) is 0.289. The average Bonchev–Trinajstić information content (AvgIpc) is 2.97. The smallest absolute Gasteiger partial charge is 0.308 e. The Balaban J connectivity index is 2.10. The topological polar surface area (TPSA) is 86.7 Å². The number of hydrogen-bond acceptors (Lipinski definition) is 3. The predicted molar refractivity (Wildman–Crippen MR) is 90.9 cm³/mol. The molecule has 1 fully saturated rings. The minimum Gasteiger partial charge on any atom is -0.481 e. The number of hydrogen-bond donors (Lipinski definition) is 2. The molecular formula is C18H23FN2O4. The number of amides is 2. The Morgan fingerprint density at radius 1 is 1.36 bits per heavy atom. The van der Waals surface area contributed by atoms with E-state index in [0.29, 0.717) is 25.1 Å². The van der Waals surface area contributed by atoms with E-state index >= 15 is 0 Å². The molecule has 25 heavy (non-hydrogen) atoms. The molecule has 0 aromatic heterocycles. The Bertz CT molecular complexity index is 675. The van der Waals surface area contributed by atoms with Crippen LogP contribution in [0.3, 0.4) is 0 Å². The minimum atomic E-state index is -0.995. The molecule has 1 aromatic carbocycles. The molecule has 136 valence electrons. The van der Waals surface area contributed by atoms with Gasteiger partial charge in [-0.2, -0.15) is 0 Å². The zero-order chi connectivity index (χ0) is 18.6. The van der Waals surface area contributed by atoms with E-state index in [1.807, 2.05) is 13.8 Å². The number of halogens is 1. The molecule has 2 rings (SSSR count). The van der Waals surface area contributed by atoms with Crippen molar-refractivity contribution in [2.75, 3.05) is 18.0 Å². The molecule has 0 spiro atoms. The van der Waals surface area contributed by atoms with Crippen molar-refractivity contribution in [2.45, 2.75) is 33.1 Å². The van der Waals surface area contributed by atoms with Gasteiger partial charge >= 0.3 is 5.97 Å². The van der Waals surface area contributed by atoms with Crippen LogP contribution >= 0.6 is 0 Å². The van der Waals surface area contributed by atoms with E-state index in [-0.39, 0.29) is 23.9 Å². The van der Waals surface area contributed by atoms with Crippen LogP contribution in [0.1, 0.15) is 43.5 Å². The van der Waals surface area contributed by atoms with Gasteiger partial charge in [0.25, 0.3) is 5.91 Å². The molecular weight excluding hydrogens is 327 g/mol. The van der Waals surface area contributed by atoms with Crippen molar-refractivity contribution in [3.05, 3.63) is 29.6 Å². The van der Waals surface area contributed by atoms with Gasteiger partial charge in [-0.1, -0.05) is 13.8 Å². The molecule has 1 heterocycles. The number of benzene rings is 1. The summed E-state index contributed by atoms with van der Waals surface area (Å²) in [4.78, 5) is 36.8. The molecule has 2 amide bonds. The first-order chi connectivity index (χ1) is 11.8. The Morgan fingerprint density at radius 3 is 2.64 bits per heavy atom. The summed E-state index contributed by atoms with van der Waals surface area (Å²) in [6.07, 6.45) is 1.59. The second-order valence-corrected chi connectivity index (χ2v) is 6.69. The molecule has 0 saturated carbocycles. The molecule has 0 bridgehead atoms. The predicted octanol–water partition coefficient (Wildman–Crippen LogP) is 2.43. The summed E-state index contributed by atoms with van der Waals surface area (Å²) in [7, 11) is 0. The van der Waals surface area contributed by atoms with E-state index in [2.05, 4.69) is 5.32 Å². The van der Waals surface area contributed by atoms with Crippen LogP contribution in [0.15, 0.2) is 18.2 Å². The van der Waals surface area contributed by atoms with Gasteiger partial charge < -0.3 is 15.3 Å². The van der Waals surface area contributed by atoms with Gasteiger partial charge in [-0.15, -0.1) is 0 Å². The summed E-state index contributed by atoms with van der Waals surface area (Å²) >= 11 is 0. The maximum Gasteiger partial charge on any atom is 0.308 e. The van der Waals surface area contributed by atoms with Crippen molar-refractivity contribution in [3.8, 4) is 0 Å². The summed E-state index contributed by atoms with van der Waals surface area (Å²) in [6.45, 7) is 4.27. The van der Waals surface area contributed by atoms with Crippen LogP contribution < -0.4 is 10.2 Å². The second kappa shape index (κ2) is 8.09. The van der Waals surface area contributed by atoms with Crippen LogP contribution in [-0.4, -0.2) is 36.0 Å². The molecule has 1 saturated heterocycles. The van der Waals surface area contributed by atoms with E-state index in [0.717, 1.165) is 12.5 Å². The number of nitrogens with zero attached hydrogens (tertiary/aromatic N) is 1. The molecule has 2 N–H and O–H groups in total. The fraction of sp³-hybridized carbons (Fsp3) is 0.500. The van der Waals surface area contributed by atoms with Gasteiger partial charge in [0.15, 0.2) is 0 Å². The monoisotopic (exact) mass is 350 g/mol. The SMILES string of the molecule is CC(C)C[C@@H](CNC(=O)c1cc(N2CCCC2=O)ccc1F)C(=O)O. The van der Waals surface area contributed by atoms with Crippen molar-refractivity contribution >= 4 is 23.5 Å². The fourth-order valence-corrected chi connectivity index (χ4v) is 2.93. The van der Waals surface area contributed by atoms with Gasteiger partial charge in [-0.05, 0) is 37.0 Å². The van der Waals surface area contributed by atoms with Crippen molar-refractivity contribution in [2.24, 2.45) is 11.8 Å². The molecule has 0 radical (unpaired) electrons. The average molecular weight is 350 g/mol. The van der Waals surface area contributed by atoms with Crippen LogP contribution in [0.5, 0.6) is 0 Å². The van der Waals surface area contributed by atoms with Crippen LogP contribution in [0.4, 0.5) is 10.1 Å². The Kier molecular flexibility index (Phi) is 6.12. The molecule has 0 unspecified atom stereocenters. The van der Waals surface area contributed by atoms with Crippen molar-refractivity contribution in [1.29, 1.82) is 0 Å². The van der Waals surface area contributed by atoms with Gasteiger partial charge in [0.2, 0.25) is 5.91 Å². The number of carbonyl (C=O) groups is 3. The van der Waals surface area contributed by atoms with E-state index in [1.165, 1.54) is 17.0 Å². The molecule has 1 aliphatic heterocycles. The minimum absolute atomic E-state index is 0.0548. The number of nitrogens with one attached hydrogen (secondary N) is 1. The summed E-state index contributed by atoms with van der Waals surface area (Å²) < 4.78 is 14.0. The summed E-state index contributed by atoms with van der Waals surface area (Å²) in [5.74, 6) is -2.99. The number of rotatable bonds is 7. The third kappa shape index (κ3) is 4.78. The highest BCUT2D eigenvalue weighted by molar-refractivity contribution is 5.99. The van der Waals surface area contributed by atoms with E-state index in [4.69, 9.17) is 0 Å². The lowest BCUT2D eigenvalue weighted by molar-refractivity contribution is -0.142. The second-order valence-electron chi connectivity index (χ2n) is 6.69. The zero-order valence-electron chi connectivity index (χ0n) is 14.4. The van der Waals surface area contributed by atoms with Gasteiger partial charge in [-0.3, -0.25) is 14.4 Å². The van der Waals surface area contributed by atoms with Gasteiger partial charge in [0.05, 0.1) is 11.5 Å². The highest BCUT2D eigenvalue weighted by Gasteiger charge is 2.24. The van der Waals surface area contributed by atoms with E-state index < -0.39 is 23.6 Å². The molecule has 1 aliphatic rings. The maximum absolute atomic E-state index is 14.0. The summed E-state index contributed by atoms with van der Waals surface area (Å²) in [5, 5.41) is 11.7. The quantitative estimate of drug-likeness (QED) is 0.791. The largest absolute Gasteiger partial charge is 0.481 e. The summed E-state index contributed by atoms with van der Waals surface area (Å²) in [6, 6.07) is 3.96. The molecule has 6 nitrogen and oxygen atoms in total. The first-order valence-electron chi connectivity index (χ1n) is 8.40. The van der Waals surface area contributed by atoms with Crippen LogP contribution in [0.2, 0.25) is 0 Å². The van der Waals surface area contributed by atoms with Crippen LogP contribution in [0.25, 0.3) is 0 Å². The highest BCUT2D eigenvalue weighted by Crippen LogP contribution is 2.24. The normalized spacial score (nSPS) is 15.5. The van der Waals surface area contributed by atoms with Crippen LogP contribution in [-0.2, 0) is 9.59 Å². The number of carbonyl (C=O) groups excluding carboxylic acids is 2. The first kappa shape index (κ1) is 18.9. The lowest BCUT2D eigenvalue weighted by atomic mass is 9.97. The van der Waals surface area contributed by atoms with Gasteiger partial charge in [-0.25, -0.2) is 4.39 Å². The van der Waals surface area contributed by atoms with Crippen molar-refractivity contribution in [1.82, 2.24) is 5.32 Å². The maximum atomic E-state index is 14.0. The Hall–Kier alpha value is -2.44. The Morgan fingerprint density at radius 2 is 2.08 bits per heavy atom. The lowest BCUT2D eigenvalue weighted by Gasteiger charge is -2.18. The molecule has 1 atom stereocenters. The first-order valence-corrected chi connectivity index (χ1v) is 8.40.